The van der Waals surface area contributed by atoms with Gasteiger partial charge in [0.25, 0.3) is 5.69 Å². The largest absolute Gasteiger partial charge is 0.396 e. The molecule has 0 heterocycles. The maximum absolute atomic E-state index is 10.7. The molecule has 5 heteroatoms. The Kier molecular flexibility index (Phi) is 4.67. The summed E-state index contributed by atoms with van der Waals surface area (Å²) >= 11 is 0. The van der Waals surface area contributed by atoms with Gasteiger partial charge in [0.1, 0.15) is 0 Å². The number of anilines is 1. The summed E-state index contributed by atoms with van der Waals surface area (Å²) in [6, 6.07) is 4.76. The summed E-state index contributed by atoms with van der Waals surface area (Å²) in [6.07, 6.45) is 1.50. The first-order valence-corrected chi connectivity index (χ1v) is 6.06. The van der Waals surface area contributed by atoms with E-state index < -0.39 is 4.92 Å². The quantitative estimate of drug-likeness (QED) is 0.603. The van der Waals surface area contributed by atoms with Crippen LogP contribution in [0, 0.1) is 17.0 Å². The summed E-state index contributed by atoms with van der Waals surface area (Å²) in [5.74, 6) is 0. The predicted octanol–water partition coefficient (Wildman–Crippen LogP) is 2.87. The number of nitro groups is 1. The van der Waals surface area contributed by atoms with Gasteiger partial charge in [-0.25, -0.2) is 0 Å². The van der Waals surface area contributed by atoms with Gasteiger partial charge in [-0.1, -0.05) is 6.92 Å². The maximum Gasteiger partial charge on any atom is 0.269 e. The van der Waals surface area contributed by atoms with Gasteiger partial charge in [-0.05, 0) is 38.3 Å². The second kappa shape index (κ2) is 5.82. The summed E-state index contributed by atoms with van der Waals surface area (Å²) in [5.41, 5.74) is 1.61. The highest BCUT2D eigenvalue weighted by atomic mass is 16.6. The number of rotatable bonds is 6. The van der Waals surface area contributed by atoms with Crippen LogP contribution in [-0.2, 0) is 0 Å². The number of benzene rings is 1. The molecular formula is C13H20N2O3. The van der Waals surface area contributed by atoms with Crippen molar-refractivity contribution < 1.29 is 10.0 Å². The highest BCUT2D eigenvalue weighted by Crippen LogP contribution is 2.26. The van der Waals surface area contributed by atoms with Crippen LogP contribution in [0.1, 0.15) is 32.3 Å². The van der Waals surface area contributed by atoms with E-state index in [1.165, 1.54) is 6.07 Å². The molecule has 1 rings (SSSR count). The van der Waals surface area contributed by atoms with Gasteiger partial charge in [0.05, 0.1) is 4.92 Å². The van der Waals surface area contributed by atoms with Crippen molar-refractivity contribution in [1.82, 2.24) is 0 Å². The van der Waals surface area contributed by atoms with Crippen molar-refractivity contribution in [1.29, 1.82) is 0 Å². The lowest BCUT2D eigenvalue weighted by Gasteiger charge is -2.31. The van der Waals surface area contributed by atoms with Crippen molar-refractivity contribution in [3.63, 3.8) is 0 Å². The molecule has 1 unspecified atom stereocenters. The molecule has 18 heavy (non-hydrogen) atoms. The molecule has 1 aromatic carbocycles. The number of hydrogen-bond donors (Lipinski definition) is 2. The van der Waals surface area contributed by atoms with Crippen LogP contribution >= 0.6 is 0 Å². The zero-order valence-corrected chi connectivity index (χ0v) is 11.1. The van der Waals surface area contributed by atoms with Crippen LogP contribution in [0.5, 0.6) is 0 Å². The Balaban J connectivity index is 2.94. The first-order chi connectivity index (χ1) is 8.41. The van der Waals surface area contributed by atoms with E-state index in [0.717, 1.165) is 17.7 Å². The third-order valence-corrected chi connectivity index (χ3v) is 3.30. The highest BCUT2D eigenvalue weighted by Gasteiger charge is 2.22. The zero-order valence-electron chi connectivity index (χ0n) is 11.1. The molecule has 0 amide bonds. The maximum atomic E-state index is 10.7. The molecule has 0 bridgehead atoms. The Morgan fingerprint density at radius 2 is 2.17 bits per heavy atom. The monoisotopic (exact) mass is 252 g/mol. The molecule has 0 fully saturated rings. The number of non-ortho nitro benzene ring substituents is 1. The number of aryl methyl sites for hydroxylation is 1. The Morgan fingerprint density at radius 1 is 1.50 bits per heavy atom. The molecule has 1 aromatic rings. The molecule has 0 aliphatic heterocycles. The van der Waals surface area contributed by atoms with Gasteiger partial charge >= 0.3 is 0 Å². The summed E-state index contributed by atoms with van der Waals surface area (Å²) in [5, 5.41) is 23.1. The molecule has 0 saturated carbocycles. The first-order valence-electron chi connectivity index (χ1n) is 6.06. The minimum atomic E-state index is -0.399. The number of nitrogens with zero attached hydrogens (tertiary/aromatic N) is 1. The molecule has 5 nitrogen and oxygen atoms in total. The van der Waals surface area contributed by atoms with Gasteiger partial charge in [0, 0.05) is 30.0 Å². The SMILES string of the molecule is CCC(C)(CCO)Nc1ccc([N+](=O)[O-])cc1C. The van der Waals surface area contributed by atoms with E-state index in [4.69, 9.17) is 5.11 Å². The third-order valence-electron chi connectivity index (χ3n) is 3.30. The van der Waals surface area contributed by atoms with Crippen LogP contribution in [0.3, 0.4) is 0 Å². The number of aliphatic hydroxyl groups excluding tert-OH is 1. The molecule has 0 spiro atoms. The van der Waals surface area contributed by atoms with Crippen molar-refractivity contribution in [3.8, 4) is 0 Å². The normalized spacial score (nSPS) is 14.0. The lowest BCUT2D eigenvalue weighted by molar-refractivity contribution is -0.384. The standard InChI is InChI=1S/C13H20N2O3/c1-4-13(3,7-8-16)14-12-6-5-11(15(17)18)9-10(12)2/h5-6,9,14,16H,4,7-8H2,1-3H3. The fraction of sp³-hybridized carbons (Fsp3) is 0.538. The van der Waals surface area contributed by atoms with Gasteiger partial charge in [-0.15, -0.1) is 0 Å². The first kappa shape index (κ1) is 14.4. The van der Waals surface area contributed by atoms with E-state index in [-0.39, 0.29) is 17.8 Å². The fourth-order valence-electron chi connectivity index (χ4n) is 1.80. The summed E-state index contributed by atoms with van der Waals surface area (Å²) in [7, 11) is 0. The molecule has 0 aliphatic carbocycles. The Hall–Kier alpha value is -1.62. The minimum absolute atomic E-state index is 0.0957. The molecule has 0 aromatic heterocycles. The second-order valence-corrected chi connectivity index (χ2v) is 4.77. The van der Waals surface area contributed by atoms with Crippen LogP contribution in [0.2, 0.25) is 0 Å². The third kappa shape index (κ3) is 3.43. The molecule has 2 N–H and O–H groups in total. The number of nitro benzene ring substituents is 1. The van der Waals surface area contributed by atoms with Crippen LogP contribution in [0.25, 0.3) is 0 Å². The average molecular weight is 252 g/mol. The average Bonchev–Trinajstić information content (AvgIpc) is 2.32. The summed E-state index contributed by atoms with van der Waals surface area (Å²) < 4.78 is 0. The topological polar surface area (TPSA) is 75.4 Å². The molecule has 1 atom stereocenters. The molecule has 0 radical (unpaired) electrons. The van der Waals surface area contributed by atoms with Crippen LogP contribution in [-0.4, -0.2) is 22.2 Å². The van der Waals surface area contributed by atoms with E-state index in [2.05, 4.69) is 5.32 Å². The van der Waals surface area contributed by atoms with Crippen molar-refractivity contribution in [2.45, 2.75) is 39.2 Å². The van der Waals surface area contributed by atoms with E-state index in [1.807, 2.05) is 20.8 Å². The van der Waals surface area contributed by atoms with Gasteiger partial charge in [-0.2, -0.15) is 0 Å². The van der Waals surface area contributed by atoms with E-state index >= 15 is 0 Å². The van der Waals surface area contributed by atoms with Crippen LogP contribution in [0.4, 0.5) is 11.4 Å². The summed E-state index contributed by atoms with van der Waals surface area (Å²) in [6.45, 7) is 6.03. The lowest BCUT2D eigenvalue weighted by atomic mass is 9.94. The van der Waals surface area contributed by atoms with E-state index in [0.29, 0.717) is 6.42 Å². The number of hydrogen-bond acceptors (Lipinski definition) is 4. The van der Waals surface area contributed by atoms with Gasteiger partial charge in [0.2, 0.25) is 0 Å². The predicted molar refractivity (Wildman–Crippen MR) is 71.9 cm³/mol. The van der Waals surface area contributed by atoms with E-state index in [9.17, 15) is 10.1 Å². The highest BCUT2D eigenvalue weighted by molar-refractivity contribution is 5.56. The zero-order chi connectivity index (χ0) is 13.8. The molecule has 0 aliphatic rings. The van der Waals surface area contributed by atoms with Gasteiger partial charge in [0.15, 0.2) is 0 Å². The minimum Gasteiger partial charge on any atom is -0.396 e. The van der Waals surface area contributed by atoms with E-state index in [1.54, 1.807) is 12.1 Å². The van der Waals surface area contributed by atoms with Gasteiger partial charge in [-0.3, -0.25) is 10.1 Å². The Bertz CT molecular complexity index is 434. The number of aliphatic hydroxyl groups is 1. The molecule has 100 valence electrons. The Labute approximate surface area is 107 Å². The summed E-state index contributed by atoms with van der Waals surface area (Å²) in [4.78, 5) is 10.3. The lowest BCUT2D eigenvalue weighted by Crippen LogP contribution is -2.35. The smallest absolute Gasteiger partial charge is 0.269 e. The van der Waals surface area contributed by atoms with Crippen molar-refractivity contribution >= 4 is 11.4 Å². The van der Waals surface area contributed by atoms with Crippen LogP contribution < -0.4 is 5.32 Å². The number of nitrogens with one attached hydrogen (secondary N) is 1. The van der Waals surface area contributed by atoms with Crippen molar-refractivity contribution in [3.05, 3.63) is 33.9 Å². The van der Waals surface area contributed by atoms with Crippen molar-refractivity contribution in [2.24, 2.45) is 0 Å². The van der Waals surface area contributed by atoms with Crippen molar-refractivity contribution in [2.75, 3.05) is 11.9 Å². The fourth-order valence-corrected chi connectivity index (χ4v) is 1.80. The second-order valence-electron chi connectivity index (χ2n) is 4.77. The molecule has 0 saturated heterocycles. The molecular weight excluding hydrogens is 232 g/mol. The van der Waals surface area contributed by atoms with Crippen LogP contribution in [0.15, 0.2) is 18.2 Å². The van der Waals surface area contributed by atoms with Gasteiger partial charge < -0.3 is 10.4 Å². The Morgan fingerprint density at radius 3 is 2.61 bits per heavy atom.